The quantitative estimate of drug-likeness (QED) is 0.481. The summed E-state index contributed by atoms with van der Waals surface area (Å²) >= 11 is 0. The Balaban J connectivity index is 1.62. The Morgan fingerprint density at radius 3 is 2.17 bits per heavy atom. The molecule has 3 aromatic carbocycles. The zero-order valence-electron chi connectivity index (χ0n) is 13.8. The van der Waals surface area contributed by atoms with Gasteiger partial charge in [-0.15, -0.1) is 5.11 Å². The smallest absolute Gasteiger partial charge is 0.0874 e. The molecule has 0 saturated carbocycles. The van der Waals surface area contributed by atoms with E-state index in [0.29, 0.717) is 6.54 Å². The molecule has 0 fully saturated rings. The van der Waals surface area contributed by atoms with Crippen molar-refractivity contribution in [2.45, 2.75) is 19.9 Å². The molecule has 0 aromatic heterocycles. The lowest BCUT2D eigenvalue weighted by Gasteiger charge is -2.09. The fraction of sp³-hybridized carbons (Fsp3) is 0.143. The Bertz CT molecular complexity index is 793. The maximum atomic E-state index is 4.19. The molecule has 0 heterocycles. The molecule has 0 radical (unpaired) electrons. The second-order valence-electron chi connectivity index (χ2n) is 5.80. The van der Waals surface area contributed by atoms with E-state index in [1.54, 1.807) is 0 Å². The summed E-state index contributed by atoms with van der Waals surface area (Å²) in [5.74, 6) is 0. The molecular weight excluding hydrogens is 294 g/mol. The highest BCUT2D eigenvalue weighted by molar-refractivity contribution is 5.37. The molecule has 120 valence electrons. The summed E-state index contributed by atoms with van der Waals surface area (Å²) in [7, 11) is 0. The van der Waals surface area contributed by atoms with Gasteiger partial charge in [0.1, 0.15) is 0 Å². The van der Waals surface area contributed by atoms with Gasteiger partial charge < -0.3 is 0 Å². The maximum absolute atomic E-state index is 4.19. The summed E-state index contributed by atoms with van der Waals surface area (Å²) in [5, 5.41) is 8.28. The predicted molar refractivity (Wildman–Crippen MR) is 98.2 cm³/mol. The summed E-state index contributed by atoms with van der Waals surface area (Å²) < 4.78 is 0. The normalized spacial score (nSPS) is 10.9. The van der Waals surface area contributed by atoms with E-state index >= 15 is 0 Å². The number of hydrogen-bond acceptors (Lipinski definition) is 2. The molecule has 0 aliphatic rings. The Hall–Kier alpha value is -2.94. The molecule has 0 spiro atoms. The van der Waals surface area contributed by atoms with Crippen molar-refractivity contribution in [2.24, 2.45) is 10.3 Å². The summed E-state index contributed by atoms with van der Waals surface area (Å²) in [5.41, 5.74) is 8.98. The predicted octanol–water partition coefficient (Wildman–Crippen LogP) is 5.37. The van der Waals surface area contributed by atoms with Crippen LogP contribution < -0.4 is 5.43 Å². The fourth-order valence-corrected chi connectivity index (χ4v) is 2.54. The van der Waals surface area contributed by atoms with Crippen molar-refractivity contribution < 1.29 is 0 Å². The zero-order chi connectivity index (χ0) is 16.6. The van der Waals surface area contributed by atoms with Gasteiger partial charge in [-0.2, -0.15) is 0 Å². The zero-order valence-corrected chi connectivity index (χ0v) is 13.8. The van der Waals surface area contributed by atoms with Gasteiger partial charge in [-0.1, -0.05) is 77.5 Å². The van der Waals surface area contributed by atoms with Crippen LogP contribution in [-0.2, 0) is 13.0 Å². The largest absolute Gasteiger partial charge is 0.287 e. The first kappa shape index (κ1) is 15.9. The first-order valence-electron chi connectivity index (χ1n) is 8.12. The Morgan fingerprint density at radius 2 is 1.42 bits per heavy atom. The van der Waals surface area contributed by atoms with Crippen LogP contribution in [0.1, 0.15) is 22.3 Å². The number of rotatable bonds is 6. The number of hydrogen-bond donors (Lipinski definition) is 1. The lowest BCUT2D eigenvalue weighted by atomic mass is 10.00. The van der Waals surface area contributed by atoms with Crippen molar-refractivity contribution in [2.75, 3.05) is 0 Å². The van der Waals surface area contributed by atoms with Crippen LogP contribution in [0.4, 0.5) is 5.69 Å². The number of aryl methyl sites for hydroxylation is 1. The number of benzene rings is 3. The van der Waals surface area contributed by atoms with Gasteiger partial charge in [-0.05, 0) is 42.2 Å². The average molecular weight is 315 g/mol. The van der Waals surface area contributed by atoms with E-state index in [1.807, 2.05) is 30.3 Å². The third kappa shape index (κ3) is 4.53. The SMILES string of the molecule is Cc1ccc(/N=N/NCc2ccccc2Cc2ccccc2)cc1. The minimum atomic E-state index is 0.665. The standard InChI is InChI=1S/C21H21N3/c1-17-11-13-21(14-12-17)23-24-22-16-20-10-6-5-9-19(20)15-18-7-3-2-4-8-18/h2-14H,15-16H2,1H3,(H,22,23). The summed E-state index contributed by atoms with van der Waals surface area (Å²) in [6.45, 7) is 2.72. The van der Waals surface area contributed by atoms with Crippen molar-refractivity contribution in [1.29, 1.82) is 0 Å². The fourth-order valence-electron chi connectivity index (χ4n) is 2.54. The van der Waals surface area contributed by atoms with E-state index in [9.17, 15) is 0 Å². The molecule has 0 aliphatic carbocycles. The van der Waals surface area contributed by atoms with Gasteiger partial charge in [0.2, 0.25) is 0 Å². The Kier molecular flexibility index (Phi) is 5.36. The Labute approximate surface area is 143 Å². The molecule has 0 saturated heterocycles. The van der Waals surface area contributed by atoms with Crippen LogP contribution in [0.25, 0.3) is 0 Å². The van der Waals surface area contributed by atoms with Crippen molar-refractivity contribution in [3.63, 3.8) is 0 Å². The molecule has 1 N–H and O–H groups in total. The topological polar surface area (TPSA) is 36.8 Å². The monoisotopic (exact) mass is 315 g/mol. The van der Waals surface area contributed by atoms with E-state index < -0.39 is 0 Å². The van der Waals surface area contributed by atoms with Gasteiger partial charge in [0.25, 0.3) is 0 Å². The lowest BCUT2D eigenvalue weighted by molar-refractivity contribution is 0.694. The van der Waals surface area contributed by atoms with Crippen LogP contribution in [0, 0.1) is 6.92 Å². The van der Waals surface area contributed by atoms with Crippen LogP contribution in [0.2, 0.25) is 0 Å². The van der Waals surface area contributed by atoms with Crippen LogP contribution in [0.3, 0.4) is 0 Å². The third-order valence-corrected chi connectivity index (χ3v) is 3.90. The molecule has 0 unspecified atom stereocenters. The summed E-state index contributed by atoms with van der Waals surface area (Å²) in [6.07, 6.45) is 0.924. The molecule has 0 atom stereocenters. The second kappa shape index (κ2) is 8.06. The molecule has 0 amide bonds. The molecule has 3 rings (SSSR count). The third-order valence-electron chi connectivity index (χ3n) is 3.90. The van der Waals surface area contributed by atoms with Crippen LogP contribution >= 0.6 is 0 Å². The van der Waals surface area contributed by atoms with Gasteiger partial charge >= 0.3 is 0 Å². The Morgan fingerprint density at radius 1 is 0.750 bits per heavy atom. The van der Waals surface area contributed by atoms with Gasteiger partial charge in [-0.3, -0.25) is 5.43 Å². The van der Waals surface area contributed by atoms with Crippen molar-refractivity contribution in [1.82, 2.24) is 5.43 Å². The second-order valence-corrected chi connectivity index (χ2v) is 5.80. The first-order chi connectivity index (χ1) is 11.8. The lowest BCUT2D eigenvalue weighted by Crippen LogP contribution is -2.07. The highest BCUT2D eigenvalue weighted by Gasteiger charge is 2.02. The van der Waals surface area contributed by atoms with E-state index in [1.165, 1.54) is 22.3 Å². The van der Waals surface area contributed by atoms with E-state index in [2.05, 4.69) is 71.2 Å². The molecule has 3 nitrogen and oxygen atoms in total. The molecule has 3 heteroatoms. The minimum Gasteiger partial charge on any atom is -0.287 e. The van der Waals surface area contributed by atoms with Gasteiger partial charge in [0.15, 0.2) is 0 Å². The van der Waals surface area contributed by atoms with Crippen molar-refractivity contribution in [3.05, 3.63) is 101 Å². The minimum absolute atomic E-state index is 0.665. The van der Waals surface area contributed by atoms with Crippen LogP contribution in [0.15, 0.2) is 89.2 Å². The number of nitrogens with one attached hydrogen (secondary N) is 1. The van der Waals surface area contributed by atoms with Crippen molar-refractivity contribution in [3.8, 4) is 0 Å². The van der Waals surface area contributed by atoms with Crippen LogP contribution in [-0.4, -0.2) is 0 Å². The average Bonchev–Trinajstić information content (AvgIpc) is 2.62. The molecule has 3 aromatic rings. The maximum Gasteiger partial charge on any atom is 0.0874 e. The van der Waals surface area contributed by atoms with Crippen LogP contribution in [0.5, 0.6) is 0 Å². The molecule has 24 heavy (non-hydrogen) atoms. The molecular formula is C21H21N3. The van der Waals surface area contributed by atoms with Gasteiger partial charge in [0, 0.05) is 0 Å². The summed E-state index contributed by atoms with van der Waals surface area (Å²) in [4.78, 5) is 0. The van der Waals surface area contributed by atoms with Crippen molar-refractivity contribution >= 4 is 5.69 Å². The van der Waals surface area contributed by atoms with E-state index in [4.69, 9.17) is 0 Å². The van der Waals surface area contributed by atoms with Gasteiger partial charge in [0.05, 0.1) is 12.2 Å². The highest BCUT2D eigenvalue weighted by atomic mass is 15.4. The highest BCUT2D eigenvalue weighted by Crippen LogP contribution is 2.15. The summed E-state index contributed by atoms with van der Waals surface area (Å²) in [6, 6.07) is 26.9. The molecule has 0 bridgehead atoms. The molecule has 0 aliphatic heterocycles. The first-order valence-corrected chi connectivity index (χ1v) is 8.12. The number of nitrogens with zero attached hydrogens (tertiary/aromatic N) is 2. The van der Waals surface area contributed by atoms with Gasteiger partial charge in [-0.25, -0.2) is 0 Å². The van der Waals surface area contributed by atoms with E-state index in [0.717, 1.165) is 12.1 Å². The van der Waals surface area contributed by atoms with E-state index in [-0.39, 0.29) is 0 Å².